The molecule has 5 N–H and O–H groups in total. The second-order valence-corrected chi connectivity index (χ2v) is 4.28. The molecule has 1 saturated heterocycles. The predicted molar refractivity (Wildman–Crippen MR) is 45.7 cm³/mol. The van der Waals surface area contributed by atoms with Crippen molar-refractivity contribution in [3.8, 4) is 0 Å². The van der Waals surface area contributed by atoms with Gasteiger partial charge < -0.3 is 11.1 Å². The third-order valence-corrected chi connectivity index (χ3v) is 2.94. The Kier molecular flexibility index (Phi) is 2.86. The van der Waals surface area contributed by atoms with E-state index in [0.29, 0.717) is 6.54 Å². The maximum Gasteiger partial charge on any atom is 0.277 e. The number of amides is 1. The molecule has 1 aliphatic rings. The van der Waals surface area contributed by atoms with Crippen LogP contribution in [0.4, 0.5) is 0 Å². The van der Waals surface area contributed by atoms with Gasteiger partial charge in [-0.2, -0.15) is 12.7 Å². The molecule has 1 atom stereocenters. The number of rotatable bonds is 2. The molecule has 0 aromatic heterocycles. The molecule has 13 heavy (non-hydrogen) atoms. The molecule has 0 bridgehead atoms. The summed E-state index contributed by atoms with van der Waals surface area (Å²) in [4.78, 5) is 10.8. The minimum absolute atomic E-state index is 0.173. The highest BCUT2D eigenvalue weighted by Crippen LogP contribution is 2.05. The van der Waals surface area contributed by atoms with Crippen LogP contribution in [0, 0.1) is 0 Å². The van der Waals surface area contributed by atoms with Gasteiger partial charge in [0.2, 0.25) is 5.91 Å². The molecule has 0 aromatic rings. The van der Waals surface area contributed by atoms with Crippen molar-refractivity contribution in [1.29, 1.82) is 0 Å². The van der Waals surface area contributed by atoms with Gasteiger partial charge in [0, 0.05) is 19.6 Å². The smallest absolute Gasteiger partial charge is 0.277 e. The van der Waals surface area contributed by atoms with Crippen LogP contribution in [0.3, 0.4) is 0 Å². The Hall–Kier alpha value is -0.700. The number of nitrogens with zero attached hydrogens (tertiary/aromatic N) is 1. The molecule has 1 unspecified atom stereocenters. The number of piperazine rings is 1. The number of nitrogens with two attached hydrogens (primary N) is 2. The predicted octanol–water partition coefficient (Wildman–Crippen LogP) is -3.05. The van der Waals surface area contributed by atoms with Gasteiger partial charge in [0.1, 0.15) is 6.04 Å². The lowest BCUT2D eigenvalue weighted by atomic mass is 10.2. The van der Waals surface area contributed by atoms with Crippen molar-refractivity contribution in [3.63, 3.8) is 0 Å². The number of carbonyl (C=O) groups is 1. The van der Waals surface area contributed by atoms with E-state index in [1.165, 1.54) is 0 Å². The fourth-order valence-corrected chi connectivity index (χ4v) is 2.11. The fourth-order valence-electron chi connectivity index (χ4n) is 1.23. The maximum atomic E-state index is 11.0. The standard InChI is InChI=1S/C5H12N4O3S/c6-5(10)4-3-8-1-2-9(4)13(7,11)12/h4,8H,1-3H2,(H2,6,10)(H2,7,11,12). The Morgan fingerprint density at radius 3 is 2.54 bits per heavy atom. The zero-order valence-electron chi connectivity index (χ0n) is 6.93. The van der Waals surface area contributed by atoms with Gasteiger partial charge in [0.15, 0.2) is 0 Å². The first-order valence-corrected chi connectivity index (χ1v) is 5.23. The lowest BCUT2D eigenvalue weighted by Crippen LogP contribution is -2.60. The van der Waals surface area contributed by atoms with Crippen molar-refractivity contribution in [2.45, 2.75) is 6.04 Å². The highest BCUT2D eigenvalue weighted by atomic mass is 32.2. The van der Waals surface area contributed by atoms with Crippen LogP contribution in [0.25, 0.3) is 0 Å². The molecule has 0 spiro atoms. The SMILES string of the molecule is NC(=O)C1CNCCN1S(N)(=O)=O. The van der Waals surface area contributed by atoms with Gasteiger partial charge in [-0.25, -0.2) is 5.14 Å². The summed E-state index contributed by atoms with van der Waals surface area (Å²) in [5.74, 6) is -0.693. The van der Waals surface area contributed by atoms with Gasteiger partial charge in [0.25, 0.3) is 10.2 Å². The third kappa shape index (κ3) is 2.37. The molecule has 1 heterocycles. The number of primary amides is 1. The van der Waals surface area contributed by atoms with E-state index in [4.69, 9.17) is 10.9 Å². The highest BCUT2D eigenvalue weighted by molar-refractivity contribution is 7.86. The number of nitrogens with one attached hydrogen (secondary N) is 1. The van der Waals surface area contributed by atoms with Crippen LogP contribution in [0.2, 0.25) is 0 Å². The summed E-state index contributed by atoms with van der Waals surface area (Å²) in [6.45, 7) is 0.860. The Labute approximate surface area is 76.2 Å². The van der Waals surface area contributed by atoms with Crippen LogP contribution in [0.5, 0.6) is 0 Å². The van der Waals surface area contributed by atoms with Crippen molar-refractivity contribution in [2.24, 2.45) is 10.9 Å². The largest absolute Gasteiger partial charge is 0.368 e. The minimum atomic E-state index is -3.83. The lowest BCUT2D eigenvalue weighted by molar-refractivity contribution is -0.122. The van der Waals surface area contributed by atoms with Gasteiger partial charge in [-0.05, 0) is 0 Å². The van der Waals surface area contributed by atoms with E-state index in [1.54, 1.807) is 0 Å². The van der Waals surface area contributed by atoms with Gasteiger partial charge in [-0.3, -0.25) is 4.79 Å². The first kappa shape index (κ1) is 10.4. The number of hydrogen-bond donors (Lipinski definition) is 3. The molecule has 1 fully saturated rings. The summed E-state index contributed by atoms with van der Waals surface area (Å²) in [5, 5.41) is 7.76. The Morgan fingerprint density at radius 2 is 2.15 bits per heavy atom. The zero-order valence-corrected chi connectivity index (χ0v) is 7.75. The lowest BCUT2D eigenvalue weighted by Gasteiger charge is -2.31. The molecule has 0 saturated carbocycles. The summed E-state index contributed by atoms with van der Waals surface area (Å²) < 4.78 is 22.8. The molecule has 0 aliphatic carbocycles. The summed E-state index contributed by atoms with van der Waals surface area (Å²) in [5.41, 5.74) is 5.01. The van der Waals surface area contributed by atoms with Crippen LogP contribution in [0.15, 0.2) is 0 Å². The van der Waals surface area contributed by atoms with Crippen LogP contribution < -0.4 is 16.2 Å². The molecular formula is C5H12N4O3S. The molecule has 1 amide bonds. The Morgan fingerprint density at radius 1 is 1.54 bits per heavy atom. The topological polar surface area (TPSA) is 119 Å². The molecule has 76 valence electrons. The van der Waals surface area contributed by atoms with E-state index in [2.05, 4.69) is 5.32 Å². The fraction of sp³-hybridized carbons (Fsp3) is 0.800. The summed E-state index contributed by atoms with van der Waals surface area (Å²) in [6, 6.07) is -0.872. The minimum Gasteiger partial charge on any atom is -0.368 e. The molecule has 1 rings (SSSR count). The van der Waals surface area contributed by atoms with Gasteiger partial charge in [0.05, 0.1) is 0 Å². The first-order valence-electron chi connectivity index (χ1n) is 3.72. The summed E-state index contributed by atoms with van der Waals surface area (Å²) in [6.07, 6.45) is 0. The van der Waals surface area contributed by atoms with E-state index in [0.717, 1.165) is 4.31 Å². The molecule has 8 heteroatoms. The van der Waals surface area contributed by atoms with Gasteiger partial charge in [-0.1, -0.05) is 0 Å². The van der Waals surface area contributed by atoms with E-state index in [9.17, 15) is 13.2 Å². The van der Waals surface area contributed by atoms with Crippen molar-refractivity contribution in [1.82, 2.24) is 9.62 Å². The molecule has 7 nitrogen and oxygen atoms in total. The van der Waals surface area contributed by atoms with Crippen LogP contribution in [-0.4, -0.2) is 44.3 Å². The highest BCUT2D eigenvalue weighted by Gasteiger charge is 2.33. The maximum absolute atomic E-state index is 11.0. The molecule has 0 aromatic carbocycles. The number of carbonyl (C=O) groups excluding carboxylic acids is 1. The summed E-state index contributed by atoms with van der Waals surface area (Å²) >= 11 is 0. The van der Waals surface area contributed by atoms with Crippen LogP contribution in [0.1, 0.15) is 0 Å². The normalized spacial score (nSPS) is 25.8. The molecule has 1 aliphatic heterocycles. The molecular weight excluding hydrogens is 196 g/mol. The van der Waals surface area contributed by atoms with Crippen molar-refractivity contribution in [3.05, 3.63) is 0 Å². The van der Waals surface area contributed by atoms with Crippen LogP contribution >= 0.6 is 0 Å². The van der Waals surface area contributed by atoms with Crippen molar-refractivity contribution < 1.29 is 13.2 Å². The Balaban J connectivity index is 2.86. The van der Waals surface area contributed by atoms with Crippen molar-refractivity contribution >= 4 is 16.1 Å². The number of hydrogen-bond acceptors (Lipinski definition) is 4. The Bertz CT molecular complexity index is 301. The van der Waals surface area contributed by atoms with E-state index < -0.39 is 22.2 Å². The van der Waals surface area contributed by atoms with Gasteiger partial charge in [-0.15, -0.1) is 0 Å². The average molecular weight is 208 g/mol. The second-order valence-electron chi connectivity index (χ2n) is 2.78. The summed E-state index contributed by atoms with van der Waals surface area (Å²) in [7, 11) is -3.83. The zero-order chi connectivity index (χ0) is 10.1. The monoisotopic (exact) mass is 208 g/mol. The second kappa shape index (κ2) is 3.58. The van der Waals surface area contributed by atoms with Crippen LogP contribution in [-0.2, 0) is 15.0 Å². The third-order valence-electron chi connectivity index (χ3n) is 1.85. The van der Waals surface area contributed by atoms with E-state index >= 15 is 0 Å². The first-order chi connectivity index (χ1) is 5.93. The van der Waals surface area contributed by atoms with E-state index in [1.807, 2.05) is 0 Å². The van der Waals surface area contributed by atoms with E-state index in [-0.39, 0.29) is 13.1 Å². The average Bonchev–Trinajstić information content (AvgIpc) is 2.03. The quantitative estimate of drug-likeness (QED) is 0.446. The van der Waals surface area contributed by atoms with Crippen molar-refractivity contribution in [2.75, 3.05) is 19.6 Å². The van der Waals surface area contributed by atoms with Gasteiger partial charge >= 0.3 is 0 Å². The molecule has 0 radical (unpaired) electrons.